The van der Waals surface area contributed by atoms with Crippen LogP contribution < -0.4 is 11.1 Å². The average molecular weight is 554 g/mol. The lowest BCUT2D eigenvalue weighted by molar-refractivity contribution is -0.913. The third-order valence-electron chi connectivity index (χ3n) is 6.55. The molecule has 0 radical (unpaired) electrons. The molecule has 5 atom stereocenters. The van der Waals surface area contributed by atoms with Gasteiger partial charge < -0.3 is 35.7 Å². The first-order valence-electron chi connectivity index (χ1n) is 11.5. The Balaban J connectivity index is 1.46. The fourth-order valence-corrected chi connectivity index (χ4v) is 6.46. The first kappa shape index (κ1) is 27.1. The first-order valence-corrected chi connectivity index (χ1v) is 13.4. The van der Waals surface area contributed by atoms with Crippen molar-refractivity contribution in [3.8, 4) is 0 Å². The van der Waals surface area contributed by atoms with Crippen molar-refractivity contribution in [1.29, 1.82) is 0 Å². The molecule has 0 aromatic carbocycles. The van der Waals surface area contributed by atoms with E-state index in [0.29, 0.717) is 41.9 Å². The van der Waals surface area contributed by atoms with Gasteiger partial charge in [-0.2, -0.15) is 0 Å². The molecular weight excluding hydrogens is 524 g/mol. The molecule has 13 nitrogen and oxygen atoms in total. The number of thiazole rings is 1. The monoisotopic (exact) mass is 553 g/mol. The number of thioether (sulfide) groups is 1. The zero-order valence-electron chi connectivity index (χ0n) is 20.2. The normalized spacial score (nSPS) is 30.2. The number of likely N-dealkylation sites (N-methyl/N-ethyl adjacent to an activating group) is 1. The molecule has 4 rings (SSSR count). The van der Waals surface area contributed by atoms with Crippen molar-refractivity contribution in [1.82, 2.24) is 15.2 Å². The Morgan fingerprint density at radius 2 is 2.16 bits per heavy atom. The minimum absolute atomic E-state index is 0.120. The molecule has 1 aromatic heterocycles. The number of carboxylic acids is 1. The number of nitrogens with two attached hydrogens (primary N) is 1. The number of β-lactam (4-membered cyclic amide) rings is 1. The molecule has 3 aliphatic rings. The van der Waals surface area contributed by atoms with Gasteiger partial charge in [0.25, 0.3) is 11.8 Å². The fraction of sp³-hybridized carbons (Fsp3) is 0.500. The number of carboxylic acid groups (broad SMARTS) is 1. The van der Waals surface area contributed by atoms with E-state index in [2.05, 4.69) is 15.5 Å². The third kappa shape index (κ3) is 5.50. The summed E-state index contributed by atoms with van der Waals surface area (Å²) in [5.41, 5.74) is 6.06. The predicted octanol–water partition coefficient (Wildman–Crippen LogP) is -1.06. The Kier molecular flexibility index (Phi) is 7.89. The molecule has 37 heavy (non-hydrogen) atoms. The van der Waals surface area contributed by atoms with E-state index in [4.69, 9.17) is 10.6 Å². The van der Waals surface area contributed by atoms with Crippen molar-refractivity contribution >= 4 is 51.7 Å². The quantitative estimate of drug-likeness (QED) is 0.115. The van der Waals surface area contributed by atoms with Gasteiger partial charge >= 0.3 is 5.97 Å². The summed E-state index contributed by atoms with van der Waals surface area (Å²) in [5, 5.41) is 37.2. The second-order valence-corrected chi connectivity index (χ2v) is 11.3. The standard InChI is InChI=1S/C22H28N6O7S2/c1-28(7-5-13(29)14(30)8-28)6-3-4-11-9-36-20-16(19(32)27(20)17(11)21(33)34)25-18(31)15(26-35-2)12-10-37-22(23)24-12/h3-4,10,13-14,16,20,29-30H,5-9H2,1-2H3,(H3-,23,24,25,31,33,34)/p+1/b4-3+,26-15-/t13-,14+,16+,20+,28?/m0/s1. The molecule has 2 fully saturated rings. The third-order valence-corrected chi connectivity index (χ3v) is 8.53. The van der Waals surface area contributed by atoms with Crippen LogP contribution in [-0.4, -0.2) is 116 Å². The summed E-state index contributed by atoms with van der Waals surface area (Å²) < 4.78 is 0.507. The maximum absolute atomic E-state index is 13.0. The van der Waals surface area contributed by atoms with Gasteiger partial charge in [0, 0.05) is 17.6 Å². The summed E-state index contributed by atoms with van der Waals surface area (Å²) in [6, 6.07) is -0.943. The van der Waals surface area contributed by atoms with Gasteiger partial charge in [0.1, 0.15) is 42.6 Å². The fourth-order valence-electron chi connectivity index (χ4n) is 4.59. The van der Waals surface area contributed by atoms with E-state index in [1.54, 1.807) is 6.08 Å². The molecule has 0 aliphatic carbocycles. The van der Waals surface area contributed by atoms with Crippen molar-refractivity contribution in [3.05, 3.63) is 34.5 Å². The van der Waals surface area contributed by atoms with Gasteiger partial charge in [0.2, 0.25) is 0 Å². The van der Waals surface area contributed by atoms with Gasteiger partial charge in [0.05, 0.1) is 26.2 Å². The van der Waals surface area contributed by atoms with Crippen molar-refractivity contribution in [2.75, 3.05) is 45.3 Å². The van der Waals surface area contributed by atoms with Crippen LogP contribution >= 0.6 is 23.1 Å². The van der Waals surface area contributed by atoms with Crippen LogP contribution in [0.25, 0.3) is 0 Å². The molecule has 0 saturated carbocycles. The number of amides is 2. The second-order valence-electron chi connectivity index (χ2n) is 9.27. The number of aliphatic hydroxyl groups excluding tert-OH is 2. The Morgan fingerprint density at radius 3 is 2.78 bits per heavy atom. The minimum Gasteiger partial charge on any atom is -0.477 e. The number of nitrogen functional groups attached to an aromatic ring is 1. The summed E-state index contributed by atoms with van der Waals surface area (Å²) in [7, 11) is 3.24. The number of nitrogens with one attached hydrogen (secondary N) is 1. The van der Waals surface area contributed by atoms with E-state index in [1.165, 1.54) is 29.2 Å². The van der Waals surface area contributed by atoms with E-state index >= 15 is 0 Å². The molecule has 0 spiro atoms. The Bertz CT molecular complexity index is 1180. The summed E-state index contributed by atoms with van der Waals surface area (Å²) in [4.78, 5) is 47.9. The van der Waals surface area contributed by atoms with Crippen LogP contribution in [0.4, 0.5) is 5.13 Å². The van der Waals surface area contributed by atoms with Crippen molar-refractivity contribution in [2.45, 2.75) is 30.0 Å². The predicted molar refractivity (Wildman–Crippen MR) is 136 cm³/mol. The molecule has 4 heterocycles. The van der Waals surface area contributed by atoms with E-state index in [1.807, 2.05) is 13.1 Å². The Hall–Kier alpha value is -2.98. The number of hydrogen-bond acceptors (Lipinski definition) is 11. The van der Waals surface area contributed by atoms with Crippen LogP contribution in [0.2, 0.25) is 0 Å². The van der Waals surface area contributed by atoms with Gasteiger partial charge in [-0.05, 0) is 11.6 Å². The number of allylic oxidation sites excluding steroid dienone is 1. The molecular formula is C22H29N6O7S2+. The summed E-state index contributed by atoms with van der Waals surface area (Å²) in [6.45, 7) is 1.60. The van der Waals surface area contributed by atoms with Crippen LogP contribution in [-0.2, 0) is 19.2 Å². The van der Waals surface area contributed by atoms with E-state index in [9.17, 15) is 29.7 Å². The number of piperidine rings is 1. The van der Waals surface area contributed by atoms with Gasteiger partial charge in [-0.1, -0.05) is 11.2 Å². The zero-order valence-corrected chi connectivity index (χ0v) is 21.9. The van der Waals surface area contributed by atoms with Gasteiger partial charge in [-0.3, -0.25) is 14.5 Å². The van der Waals surface area contributed by atoms with Crippen LogP contribution in [0.5, 0.6) is 0 Å². The van der Waals surface area contributed by atoms with E-state index in [0.717, 1.165) is 11.3 Å². The number of oxime groups is 1. The zero-order chi connectivity index (χ0) is 26.9. The SMILES string of the molecule is CO/N=C(\C(=O)N[C@@H]1C(=O)N2C(C(=O)O)=C(/C=C/C[N+]3(C)CC[C@H](O)[C@H](O)C3)CS[C@H]12)c1csc(N)n1. The molecule has 0 bridgehead atoms. The number of nitrogens with zero attached hydrogens (tertiary/aromatic N) is 4. The molecule has 1 unspecified atom stereocenters. The largest absolute Gasteiger partial charge is 0.477 e. The number of aromatic nitrogens is 1. The molecule has 3 aliphatic heterocycles. The minimum atomic E-state index is -1.24. The number of carbonyl (C=O) groups excluding carboxylic acids is 2. The molecule has 6 N–H and O–H groups in total. The number of hydrogen-bond donors (Lipinski definition) is 5. The smallest absolute Gasteiger partial charge is 0.352 e. The van der Waals surface area contributed by atoms with Crippen molar-refractivity contribution in [3.63, 3.8) is 0 Å². The number of aliphatic carboxylic acids is 1. The van der Waals surface area contributed by atoms with Crippen molar-refractivity contribution in [2.24, 2.45) is 5.16 Å². The topological polar surface area (TPSA) is 188 Å². The number of aliphatic hydroxyl groups is 2. The highest BCUT2D eigenvalue weighted by Gasteiger charge is 2.54. The van der Waals surface area contributed by atoms with Crippen LogP contribution in [0.15, 0.2) is 34.0 Å². The Morgan fingerprint density at radius 1 is 1.41 bits per heavy atom. The number of rotatable bonds is 8. The molecule has 200 valence electrons. The van der Waals surface area contributed by atoms with Gasteiger partial charge in [-0.15, -0.1) is 23.1 Å². The lowest BCUT2D eigenvalue weighted by Crippen LogP contribution is -2.71. The number of quaternary nitrogens is 1. The number of fused-ring (bicyclic) bond motifs is 1. The first-order chi connectivity index (χ1) is 17.5. The molecule has 1 aromatic rings. The highest BCUT2D eigenvalue weighted by Crippen LogP contribution is 2.40. The number of anilines is 1. The average Bonchev–Trinajstić information content (AvgIpc) is 3.28. The lowest BCUT2D eigenvalue weighted by Gasteiger charge is -2.49. The highest BCUT2D eigenvalue weighted by molar-refractivity contribution is 8.00. The van der Waals surface area contributed by atoms with Crippen LogP contribution in [0, 0.1) is 0 Å². The molecule has 15 heteroatoms. The van der Waals surface area contributed by atoms with Crippen LogP contribution in [0.1, 0.15) is 12.1 Å². The van der Waals surface area contributed by atoms with E-state index < -0.39 is 41.4 Å². The lowest BCUT2D eigenvalue weighted by atomic mass is 10.0. The molecule has 2 saturated heterocycles. The maximum Gasteiger partial charge on any atom is 0.352 e. The van der Waals surface area contributed by atoms with Crippen LogP contribution in [0.3, 0.4) is 0 Å². The Labute approximate surface area is 220 Å². The number of likely N-dealkylation sites (tertiary alicyclic amines) is 1. The van der Waals surface area contributed by atoms with E-state index in [-0.39, 0.29) is 22.2 Å². The summed E-state index contributed by atoms with van der Waals surface area (Å²) >= 11 is 2.46. The van der Waals surface area contributed by atoms with Crippen molar-refractivity contribution < 1.29 is 39.0 Å². The van der Waals surface area contributed by atoms with Gasteiger partial charge in [0.15, 0.2) is 10.8 Å². The van der Waals surface area contributed by atoms with Gasteiger partial charge in [-0.25, -0.2) is 9.78 Å². The summed E-state index contributed by atoms with van der Waals surface area (Å²) in [6.07, 6.45) is 2.47. The molecule has 2 amide bonds. The summed E-state index contributed by atoms with van der Waals surface area (Å²) in [5.74, 6) is -2.15. The second kappa shape index (κ2) is 10.8. The highest BCUT2D eigenvalue weighted by atomic mass is 32.2. The maximum atomic E-state index is 13.0. The number of carbonyl (C=O) groups is 3.